The molecule has 4 rings (SSSR count). The van der Waals surface area contributed by atoms with Crippen molar-refractivity contribution in [2.45, 2.75) is 45.2 Å². The zero-order chi connectivity index (χ0) is 24.3. The highest BCUT2D eigenvalue weighted by Gasteiger charge is 2.38. The molecule has 8 heteroatoms. The van der Waals surface area contributed by atoms with Crippen LogP contribution in [0.5, 0.6) is 0 Å². The average Bonchev–Trinajstić information content (AvgIpc) is 3.31. The molecule has 2 heterocycles. The van der Waals surface area contributed by atoms with Crippen molar-refractivity contribution in [3.63, 3.8) is 0 Å². The molecule has 180 valence electrons. The van der Waals surface area contributed by atoms with Crippen molar-refractivity contribution < 1.29 is 13.9 Å². The summed E-state index contributed by atoms with van der Waals surface area (Å²) < 4.78 is 20.7. The van der Waals surface area contributed by atoms with Crippen LogP contribution in [-0.2, 0) is 23.2 Å². The number of hydrogen-bond donors (Lipinski definition) is 2. The molecule has 1 fully saturated rings. The van der Waals surface area contributed by atoms with Crippen molar-refractivity contribution in [3.8, 4) is 11.4 Å². The Morgan fingerprint density at radius 1 is 1.24 bits per heavy atom. The largest absolute Gasteiger partial charge is 0.399 e. The Morgan fingerprint density at radius 3 is 2.59 bits per heavy atom. The molecule has 0 saturated carbocycles. The molecule has 2 aromatic carbocycles. The van der Waals surface area contributed by atoms with Crippen molar-refractivity contribution >= 4 is 11.6 Å². The molecule has 1 amide bonds. The number of nitrogens with two attached hydrogens (primary N) is 1. The number of halogens is 1. The van der Waals surface area contributed by atoms with Crippen molar-refractivity contribution in [2.75, 3.05) is 32.5 Å². The van der Waals surface area contributed by atoms with E-state index in [9.17, 15) is 4.79 Å². The molecular weight excluding hydrogens is 433 g/mol. The van der Waals surface area contributed by atoms with E-state index in [1.165, 1.54) is 0 Å². The number of likely N-dealkylation sites (tertiary alicyclic amines) is 1. The number of amides is 1. The van der Waals surface area contributed by atoms with Crippen LogP contribution in [0.4, 0.5) is 10.1 Å². The van der Waals surface area contributed by atoms with Crippen LogP contribution in [0.3, 0.4) is 0 Å². The maximum absolute atomic E-state index is 15.6. The number of nitrogens with zero attached hydrogens (tertiary/aromatic N) is 3. The van der Waals surface area contributed by atoms with E-state index in [1.54, 1.807) is 36.3 Å². The molecule has 1 aliphatic heterocycles. The Morgan fingerprint density at radius 2 is 1.94 bits per heavy atom. The van der Waals surface area contributed by atoms with Gasteiger partial charge in [0.05, 0.1) is 6.61 Å². The summed E-state index contributed by atoms with van der Waals surface area (Å²) in [6.45, 7) is 5.27. The van der Waals surface area contributed by atoms with Gasteiger partial charge in [-0.2, -0.15) is 5.10 Å². The van der Waals surface area contributed by atoms with Crippen molar-refractivity contribution in [2.24, 2.45) is 0 Å². The maximum atomic E-state index is 15.6. The predicted molar refractivity (Wildman–Crippen MR) is 130 cm³/mol. The Balaban J connectivity index is 1.55. The average molecular weight is 466 g/mol. The van der Waals surface area contributed by atoms with E-state index >= 15 is 4.39 Å². The lowest BCUT2D eigenvalue weighted by molar-refractivity contribution is 0.0421. The molecule has 1 aliphatic rings. The number of aryl methyl sites for hydroxylation is 2. The molecule has 0 atom stereocenters. The second kappa shape index (κ2) is 9.93. The summed E-state index contributed by atoms with van der Waals surface area (Å²) in [4.78, 5) is 19.8. The minimum atomic E-state index is -1.45. The lowest BCUT2D eigenvalue weighted by Crippen LogP contribution is -2.43. The minimum absolute atomic E-state index is 0.0871. The highest BCUT2D eigenvalue weighted by molar-refractivity contribution is 5.97. The molecule has 0 unspecified atom stereocenters. The van der Waals surface area contributed by atoms with Gasteiger partial charge in [-0.15, -0.1) is 0 Å². The summed E-state index contributed by atoms with van der Waals surface area (Å²) in [5, 5.41) is 7.33. The summed E-state index contributed by atoms with van der Waals surface area (Å²) in [6.07, 6.45) is 1.94. The molecule has 7 nitrogen and oxygen atoms in total. The Labute approximate surface area is 199 Å². The highest BCUT2D eigenvalue weighted by atomic mass is 19.1. The van der Waals surface area contributed by atoms with E-state index in [2.05, 4.69) is 22.1 Å². The number of benzene rings is 2. The highest BCUT2D eigenvalue weighted by Crippen LogP contribution is 2.38. The molecule has 1 saturated heterocycles. The number of alkyl halides is 1. The number of rotatable bonds is 7. The van der Waals surface area contributed by atoms with Gasteiger partial charge >= 0.3 is 0 Å². The van der Waals surface area contributed by atoms with Crippen LogP contribution in [0.15, 0.2) is 36.4 Å². The fourth-order valence-electron chi connectivity index (χ4n) is 4.53. The van der Waals surface area contributed by atoms with E-state index in [0.717, 1.165) is 28.9 Å². The van der Waals surface area contributed by atoms with Crippen LogP contribution < -0.4 is 5.73 Å². The normalized spacial score (nSPS) is 15.5. The Hall–Kier alpha value is -3.26. The van der Waals surface area contributed by atoms with Gasteiger partial charge in [-0.3, -0.25) is 9.89 Å². The summed E-state index contributed by atoms with van der Waals surface area (Å²) in [7, 11) is 1.65. The van der Waals surface area contributed by atoms with Gasteiger partial charge in [-0.05, 0) is 48.2 Å². The number of piperidine rings is 1. The number of hydrogen-bond acceptors (Lipinski definition) is 5. The third-order valence-corrected chi connectivity index (χ3v) is 6.65. The van der Waals surface area contributed by atoms with Crippen LogP contribution in [0.2, 0.25) is 0 Å². The lowest BCUT2D eigenvalue weighted by Gasteiger charge is -2.37. The number of ether oxygens (including phenoxy) is 1. The van der Waals surface area contributed by atoms with Gasteiger partial charge in [0.25, 0.3) is 5.91 Å². The number of H-pyrrole nitrogens is 1. The number of nitrogens with one attached hydrogen (secondary N) is 1. The third-order valence-electron chi connectivity index (χ3n) is 6.65. The molecule has 3 aromatic rings. The zero-order valence-electron chi connectivity index (χ0n) is 20.0. The van der Waals surface area contributed by atoms with Gasteiger partial charge in [-0.1, -0.05) is 25.1 Å². The first-order valence-electron chi connectivity index (χ1n) is 11.7. The quantitative estimate of drug-likeness (QED) is 0.510. The summed E-state index contributed by atoms with van der Waals surface area (Å²) >= 11 is 0. The SMILES string of the molecule is CCc1cc(C)c(C(=O)N2CCC(F)(c3ccc(N)cc3)CC2)cc1-c1n[nH]c(CCOC)n1. The molecule has 3 N–H and O–H groups in total. The molecule has 34 heavy (non-hydrogen) atoms. The first-order valence-corrected chi connectivity index (χ1v) is 11.7. The monoisotopic (exact) mass is 465 g/mol. The fraction of sp³-hybridized carbons (Fsp3) is 0.423. The van der Waals surface area contributed by atoms with Crippen molar-refractivity contribution in [3.05, 3.63) is 64.5 Å². The minimum Gasteiger partial charge on any atom is -0.399 e. The van der Waals surface area contributed by atoms with E-state index < -0.39 is 5.67 Å². The third kappa shape index (κ3) is 4.82. The fourth-order valence-corrected chi connectivity index (χ4v) is 4.53. The van der Waals surface area contributed by atoms with E-state index in [1.807, 2.05) is 19.1 Å². The van der Waals surface area contributed by atoms with Gasteiger partial charge in [0.15, 0.2) is 5.82 Å². The van der Waals surface area contributed by atoms with Crippen LogP contribution in [0.1, 0.15) is 52.6 Å². The number of nitrogen functional groups attached to an aromatic ring is 1. The van der Waals surface area contributed by atoms with Gasteiger partial charge in [0.2, 0.25) is 0 Å². The number of anilines is 1. The van der Waals surface area contributed by atoms with Crippen LogP contribution >= 0.6 is 0 Å². The van der Waals surface area contributed by atoms with E-state index in [0.29, 0.717) is 48.8 Å². The lowest BCUT2D eigenvalue weighted by atomic mass is 9.85. The van der Waals surface area contributed by atoms with Crippen LogP contribution in [-0.4, -0.2) is 52.8 Å². The number of methoxy groups -OCH3 is 1. The number of aromatic amines is 1. The first-order chi connectivity index (χ1) is 16.3. The molecule has 0 aliphatic carbocycles. The smallest absolute Gasteiger partial charge is 0.254 e. The molecule has 0 bridgehead atoms. The maximum Gasteiger partial charge on any atom is 0.254 e. The number of carbonyl (C=O) groups is 1. The Kier molecular flexibility index (Phi) is 6.97. The van der Waals surface area contributed by atoms with Crippen molar-refractivity contribution in [1.29, 1.82) is 0 Å². The van der Waals surface area contributed by atoms with Gasteiger partial charge < -0.3 is 15.4 Å². The summed E-state index contributed by atoms with van der Waals surface area (Å²) in [6, 6.07) is 10.8. The van der Waals surface area contributed by atoms with Gasteiger partial charge in [0.1, 0.15) is 11.5 Å². The second-order valence-electron chi connectivity index (χ2n) is 8.91. The van der Waals surface area contributed by atoms with E-state index in [-0.39, 0.29) is 18.7 Å². The van der Waals surface area contributed by atoms with E-state index in [4.69, 9.17) is 10.5 Å². The standard InChI is InChI=1S/C26H32FN5O2/c1-4-18-15-17(2)21(16-22(18)24-29-23(30-31-24)9-14-34-3)25(33)32-12-10-26(27,11-13-32)19-5-7-20(28)8-6-19/h5-8,15-16H,4,9-14,28H2,1-3H3,(H,29,30,31). The zero-order valence-corrected chi connectivity index (χ0v) is 20.0. The van der Waals surface area contributed by atoms with Gasteiger partial charge in [-0.25, -0.2) is 9.37 Å². The summed E-state index contributed by atoms with van der Waals surface area (Å²) in [5.41, 5.74) is 8.95. The Bertz CT molecular complexity index is 1150. The topological polar surface area (TPSA) is 97.1 Å². The van der Waals surface area contributed by atoms with Crippen LogP contribution in [0, 0.1) is 6.92 Å². The summed E-state index contributed by atoms with van der Waals surface area (Å²) in [5.74, 6) is 1.23. The second-order valence-corrected chi connectivity index (χ2v) is 8.91. The number of carbonyl (C=O) groups excluding carboxylic acids is 1. The van der Waals surface area contributed by atoms with Gasteiger partial charge in [0, 0.05) is 56.3 Å². The molecule has 0 radical (unpaired) electrons. The number of aromatic nitrogens is 3. The molecule has 0 spiro atoms. The van der Waals surface area contributed by atoms with Crippen LogP contribution in [0.25, 0.3) is 11.4 Å². The first kappa shape index (κ1) is 23.9. The molecular formula is C26H32FN5O2. The van der Waals surface area contributed by atoms with Crippen molar-refractivity contribution in [1.82, 2.24) is 20.1 Å². The predicted octanol–water partition coefficient (Wildman–Crippen LogP) is 4.21. The molecule has 1 aromatic heterocycles.